The third-order valence-electron chi connectivity index (χ3n) is 3.76. The Morgan fingerprint density at radius 3 is 2.61 bits per heavy atom. The Balaban J connectivity index is 1.97. The van der Waals surface area contributed by atoms with E-state index < -0.39 is 0 Å². The second-order valence-corrected chi connectivity index (χ2v) is 5.43. The van der Waals surface area contributed by atoms with Crippen molar-refractivity contribution >= 4 is 0 Å². The summed E-state index contributed by atoms with van der Waals surface area (Å²) in [4.78, 5) is 8.79. The van der Waals surface area contributed by atoms with Gasteiger partial charge in [-0.05, 0) is 54.8 Å². The van der Waals surface area contributed by atoms with Crippen molar-refractivity contribution in [3.8, 4) is 11.4 Å². The lowest BCUT2D eigenvalue weighted by Crippen LogP contribution is -2.04. The molecule has 0 saturated heterocycles. The number of nitrogens with two attached hydrogens (primary N) is 1. The summed E-state index contributed by atoms with van der Waals surface area (Å²) in [6, 6.07) is 4.68. The topological polar surface area (TPSA) is 80.5 Å². The number of benzene rings is 1. The molecule has 0 unspecified atom stereocenters. The molecule has 23 heavy (non-hydrogen) atoms. The monoisotopic (exact) mass is 311 g/mol. The van der Waals surface area contributed by atoms with E-state index in [0.717, 1.165) is 34.4 Å². The van der Waals surface area contributed by atoms with Gasteiger partial charge < -0.3 is 5.73 Å². The van der Waals surface area contributed by atoms with Gasteiger partial charge in [-0.1, -0.05) is 0 Å². The number of hydrogen-bond acceptors (Lipinski definition) is 4. The van der Waals surface area contributed by atoms with Gasteiger partial charge in [0.25, 0.3) is 0 Å². The maximum Gasteiger partial charge on any atom is 0.159 e. The summed E-state index contributed by atoms with van der Waals surface area (Å²) in [6.07, 6.45) is 6.68. The van der Waals surface area contributed by atoms with E-state index in [4.69, 9.17) is 5.73 Å². The molecule has 0 aliphatic rings. The molecular formula is C17H18FN5. The van der Waals surface area contributed by atoms with E-state index >= 15 is 0 Å². The summed E-state index contributed by atoms with van der Waals surface area (Å²) in [5, 5.41) is 6.93. The second-order valence-electron chi connectivity index (χ2n) is 5.43. The quantitative estimate of drug-likeness (QED) is 0.758. The molecule has 0 aliphatic heterocycles. The SMILES string of the molecule is Cc1n[nH]cc1Cc1cc(F)ccc1-c1ncc(CCN)cn1. The van der Waals surface area contributed by atoms with Crippen molar-refractivity contribution in [2.75, 3.05) is 6.54 Å². The lowest BCUT2D eigenvalue weighted by atomic mass is 9.99. The van der Waals surface area contributed by atoms with Gasteiger partial charge in [0.15, 0.2) is 5.82 Å². The zero-order chi connectivity index (χ0) is 16.2. The van der Waals surface area contributed by atoms with Gasteiger partial charge in [-0.3, -0.25) is 5.10 Å². The highest BCUT2D eigenvalue weighted by atomic mass is 19.1. The zero-order valence-corrected chi connectivity index (χ0v) is 12.9. The number of nitrogens with zero attached hydrogens (tertiary/aromatic N) is 3. The Bertz CT molecular complexity index is 795. The molecule has 5 nitrogen and oxygen atoms in total. The Morgan fingerprint density at radius 1 is 1.17 bits per heavy atom. The minimum Gasteiger partial charge on any atom is -0.330 e. The van der Waals surface area contributed by atoms with Crippen LogP contribution in [0.3, 0.4) is 0 Å². The number of aryl methyl sites for hydroxylation is 1. The number of nitrogens with one attached hydrogen (secondary N) is 1. The van der Waals surface area contributed by atoms with Gasteiger partial charge >= 0.3 is 0 Å². The number of rotatable bonds is 5. The predicted octanol–water partition coefficient (Wildman–Crippen LogP) is 2.41. The minimum atomic E-state index is -0.273. The Hall–Kier alpha value is -2.60. The molecule has 0 saturated carbocycles. The molecule has 6 heteroatoms. The van der Waals surface area contributed by atoms with Gasteiger partial charge in [0, 0.05) is 30.6 Å². The highest BCUT2D eigenvalue weighted by Gasteiger charge is 2.12. The summed E-state index contributed by atoms with van der Waals surface area (Å²) in [7, 11) is 0. The van der Waals surface area contributed by atoms with Crippen LogP contribution in [0, 0.1) is 12.7 Å². The molecule has 0 radical (unpaired) electrons. The number of aromatic amines is 1. The van der Waals surface area contributed by atoms with Crippen LogP contribution in [-0.4, -0.2) is 26.7 Å². The lowest BCUT2D eigenvalue weighted by Gasteiger charge is -2.09. The summed E-state index contributed by atoms with van der Waals surface area (Å²) >= 11 is 0. The number of halogens is 1. The first-order valence-corrected chi connectivity index (χ1v) is 7.46. The van der Waals surface area contributed by atoms with Gasteiger partial charge in [-0.25, -0.2) is 14.4 Å². The van der Waals surface area contributed by atoms with E-state index in [1.165, 1.54) is 12.1 Å². The summed E-state index contributed by atoms with van der Waals surface area (Å²) in [6.45, 7) is 2.48. The molecule has 2 heterocycles. The molecule has 0 fully saturated rings. The van der Waals surface area contributed by atoms with Gasteiger partial charge in [0.05, 0.1) is 5.69 Å². The van der Waals surface area contributed by atoms with E-state index in [-0.39, 0.29) is 5.82 Å². The summed E-state index contributed by atoms with van der Waals surface area (Å²) < 4.78 is 13.7. The Labute approximate surface area is 133 Å². The summed E-state index contributed by atoms with van der Waals surface area (Å²) in [5.74, 6) is 0.312. The molecule has 0 spiro atoms. The highest BCUT2D eigenvalue weighted by Crippen LogP contribution is 2.24. The van der Waals surface area contributed by atoms with Gasteiger partial charge in [0.2, 0.25) is 0 Å². The normalized spacial score (nSPS) is 10.9. The van der Waals surface area contributed by atoms with Crippen molar-refractivity contribution in [1.29, 1.82) is 0 Å². The van der Waals surface area contributed by atoms with Crippen molar-refractivity contribution in [2.45, 2.75) is 19.8 Å². The van der Waals surface area contributed by atoms with Crippen molar-refractivity contribution in [3.05, 3.63) is 65.0 Å². The minimum absolute atomic E-state index is 0.273. The Kier molecular flexibility index (Phi) is 4.43. The van der Waals surface area contributed by atoms with Crippen LogP contribution < -0.4 is 5.73 Å². The van der Waals surface area contributed by atoms with Crippen LogP contribution in [0.2, 0.25) is 0 Å². The first kappa shape index (κ1) is 15.3. The van der Waals surface area contributed by atoms with Crippen LogP contribution >= 0.6 is 0 Å². The summed E-state index contributed by atoms with van der Waals surface area (Å²) in [5.41, 5.74) is 10.1. The molecular weight excluding hydrogens is 293 g/mol. The number of H-pyrrole nitrogens is 1. The number of hydrogen-bond donors (Lipinski definition) is 2. The predicted molar refractivity (Wildman–Crippen MR) is 86.3 cm³/mol. The molecule has 3 aromatic rings. The molecule has 0 aliphatic carbocycles. The molecule has 3 N–H and O–H groups in total. The van der Waals surface area contributed by atoms with E-state index in [2.05, 4.69) is 20.2 Å². The fourth-order valence-corrected chi connectivity index (χ4v) is 2.48. The molecule has 118 valence electrons. The van der Waals surface area contributed by atoms with Crippen LogP contribution in [0.4, 0.5) is 4.39 Å². The van der Waals surface area contributed by atoms with E-state index in [1.54, 1.807) is 18.5 Å². The van der Waals surface area contributed by atoms with E-state index in [0.29, 0.717) is 18.8 Å². The molecule has 0 atom stereocenters. The maximum atomic E-state index is 13.7. The van der Waals surface area contributed by atoms with Gasteiger partial charge in [0.1, 0.15) is 5.82 Å². The zero-order valence-electron chi connectivity index (χ0n) is 12.9. The highest BCUT2D eigenvalue weighted by molar-refractivity contribution is 5.61. The fourth-order valence-electron chi connectivity index (χ4n) is 2.48. The largest absolute Gasteiger partial charge is 0.330 e. The molecule has 3 rings (SSSR count). The molecule has 0 amide bonds. The van der Waals surface area contributed by atoms with Crippen LogP contribution in [0.25, 0.3) is 11.4 Å². The van der Waals surface area contributed by atoms with Crippen LogP contribution in [0.5, 0.6) is 0 Å². The average Bonchev–Trinajstić information content (AvgIpc) is 2.94. The first-order chi connectivity index (χ1) is 11.2. The molecule has 2 aromatic heterocycles. The molecule has 0 bridgehead atoms. The third kappa shape index (κ3) is 3.43. The maximum absolute atomic E-state index is 13.7. The van der Waals surface area contributed by atoms with Crippen molar-refractivity contribution in [1.82, 2.24) is 20.2 Å². The lowest BCUT2D eigenvalue weighted by molar-refractivity contribution is 0.626. The molecule has 1 aromatic carbocycles. The van der Waals surface area contributed by atoms with Crippen molar-refractivity contribution < 1.29 is 4.39 Å². The van der Waals surface area contributed by atoms with Crippen LogP contribution in [0.1, 0.15) is 22.4 Å². The van der Waals surface area contributed by atoms with E-state index in [9.17, 15) is 4.39 Å². The van der Waals surface area contributed by atoms with Gasteiger partial charge in [-0.2, -0.15) is 5.10 Å². The van der Waals surface area contributed by atoms with E-state index in [1.807, 2.05) is 13.1 Å². The fraction of sp³-hybridized carbons (Fsp3) is 0.235. The third-order valence-corrected chi connectivity index (χ3v) is 3.76. The smallest absolute Gasteiger partial charge is 0.159 e. The Morgan fingerprint density at radius 2 is 1.96 bits per heavy atom. The van der Waals surface area contributed by atoms with Crippen LogP contribution in [-0.2, 0) is 12.8 Å². The number of aromatic nitrogens is 4. The average molecular weight is 311 g/mol. The van der Waals surface area contributed by atoms with Crippen molar-refractivity contribution in [3.63, 3.8) is 0 Å². The first-order valence-electron chi connectivity index (χ1n) is 7.46. The van der Waals surface area contributed by atoms with Gasteiger partial charge in [-0.15, -0.1) is 0 Å². The second kappa shape index (κ2) is 6.66. The standard InChI is InChI=1S/C17H18FN5/c1-11-14(10-22-23-11)6-13-7-15(18)2-3-16(13)17-20-8-12(4-5-19)9-21-17/h2-3,7-10H,4-6,19H2,1H3,(H,22,23). The van der Waals surface area contributed by atoms with Crippen LogP contribution in [0.15, 0.2) is 36.8 Å². The van der Waals surface area contributed by atoms with Crippen molar-refractivity contribution in [2.24, 2.45) is 5.73 Å².